The van der Waals surface area contributed by atoms with Gasteiger partial charge < -0.3 is 14.2 Å². The molecular weight excluding hydrogens is 372 g/mol. The van der Waals surface area contributed by atoms with Gasteiger partial charge in [0.25, 0.3) is 0 Å². The zero-order valence-electron chi connectivity index (χ0n) is 18.4. The van der Waals surface area contributed by atoms with Crippen molar-refractivity contribution >= 4 is 17.9 Å². The lowest BCUT2D eigenvalue weighted by Gasteiger charge is -2.47. The Morgan fingerprint density at radius 1 is 1.10 bits per heavy atom. The first kappa shape index (κ1) is 21.8. The second kappa shape index (κ2) is 7.44. The average Bonchev–Trinajstić information content (AvgIpc) is 3.08. The summed E-state index contributed by atoms with van der Waals surface area (Å²) in [4.78, 5) is 38.1. The van der Waals surface area contributed by atoms with Gasteiger partial charge in [0.15, 0.2) is 0 Å². The molecule has 0 aromatic rings. The van der Waals surface area contributed by atoms with Crippen molar-refractivity contribution < 1.29 is 28.6 Å². The topological polar surface area (TPSA) is 78.9 Å². The second-order valence-corrected chi connectivity index (χ2v) is 9.98. The van der Waals surface area contributed by atoms with Crippen LogP contribution in [0, 0.1) is 34.5 Å². The van der Waals surface area contributed by atoms with Crippen molar-refractivity contribution in [1.29, 1.82) is 0 Å². The van der Waals surface area contributed by atoms with E-state index < -0.39 is 17.6 Å². The monoisotopic (exact) mass is 406 g/mol. The summed E-state index contributed by atoms with van der Waals surface area (Å²) in [5.74, 6) is -1.59. The van der Waals surface area contributed by atoms with E-state index in [1.54, 1.807) is 27.7 Å². The van der Waals surface area contributed by atoms with E-state index >= 15 is 0 Å². The molecule has 0 bridgehead atoms. The normalized spacial score (nSPS) is 39.0. The molecule has 3 aliphatic rings. The van der Waals surface area contributed by atoms with Gasteiger partial charge >= 0.3 is 17.9 Å². The van der Waals surface area contributed by atoms with E-state index in [0.29, 0.717) is 18.4 Å². The van der Waals surface area contributed by atoms with E-state index in [-0.39, 0.29) is 53.6 Å². The molecule has 6 atom stereocenters. The zero-order valence-corrected chi connectivity index (χ0v) is 18.4. The summed E-state index contributed by atoms with van der Waals surface area (Å²) < 4.78 is 17.3. The molecule has 1 saturated heterocycles. The van der Waals surface area contributed by atoms with Crippen LogP contribution in [0.15, 0.2) is 12.2 Å². The van der Waals surface area contributed by atoms with Crippen LogP contribution in [0.25, 0.3) is 0 Å². The van der Waals surface area contributed by atoms with Crippen LogP contribution in [0.3, 0.4) is 0 Å². The quantitative estimate of drug-likeness (QED) is 0.403. The first-order valence-corrected chi connectivity index (χ1v) is 10.7. The first-order chi connectivity index (χ1) is 13.4. The predicted molar refractivity (Wildman–Crippen MR) is 107 cm³/mol. The standard InChI is InChI=1S/C23H34O6/c1-12(2)19(24)28-16-9-8-14(5)22(7)11-23(15(6)10-27-21(23)26)18(17(16)22)29-20(25)13(3)4/h12-14,16-18H,6,8-11H2,1-5,7H3/t14-,16-,17+,18+,22+,23?/m0/s1. The molecule has 2 saturated carbocycles. The van der Waals surface area contributed by atoms with Gasteiger partial charge in [0.05, 0.1) is 11.8 Å². The number of cyclic esters (lactones) is 1. The Bertz CT molecular complexity index is 707. The van der Waals surface area contributed by atoms with Crippen LogP contribution in [-0.4, -0.2) is 36.7 Å². The Labute approximate surface area is 173 Å². The number of carbonyl (C=O) groups is 3. The van der Waals surface area contributed by atoms with Crippen LogP contribution in [0.4, 0.5) is 0 Å². The number of esters is 3. The molecule has 0 radical (unpaired) electrons. The molecule has 0 amide bonds. The second-order valence-electron chi connectivity index (χ2n) is 9.98. The number of rotatable bonds is 4. The van der Waals surface area contributed by atoms with Crippen molar-refractivity contribution in [2.75, 3.05) is 6.61 Å². The van der Waals surface area contributed by atoms with Gasteiger partial charge in [-0.1, -0.05) is 48.1 Å². The van der Waals surface area contributed by atoms with E-state index in [2.05, 4.69) is 20.4 Å². The third-order valence-corrected chi connectivity index (χ3v) is 7.47. The Balaban J connectivity index is 2.08. The predicted octanol–water partition coefficient (Wildman–Crippen LogP) is 3.68. The van der Waals surface area contributed by atoms with Crippen molar-refractivity contribution in [3.8, 4) is 0 Å². The van der Waals surface area contributed by atoms with Gasteiger partial charge in [0.2, 0.25) is 0 Å². The first-order valence-electron chi connectivity index (χ1n) is 10.7. The molecule has 3 rings (SSSR count). The molecule has 0 N–H and O–H groups in total. The fourth-order valence-corrected chi connectivity index (χ4v) is 5.44. The third-order valence-electron chi connectivity index (χ3n) is 7.47. The van der Waals surface area contributed by atoms with Crippen LogP contribution in [-0.2, 0) is 28.6 Å². The van der Waals surface area contributed by atoms with Crippen molar-refractivity contribution in [3.05, 3.63) is 12.2 Å². The molecule has 3 fully saturated rings. The molecule has 1 aliphatic heterocycles. The van der Waals surface area contributed by atoms with E-state index in [9.17, 15) is 14.4 Å². The summed E-state index contributed by atoms with van der Waals surface area (Å²) in [6.07, 6.45) is 0.919. The average molecular weight is 407 g/mol. The number of hydrogen-bond acceptors (Lipinski definition) is 6. The molecule has 2 aliphatic carbocycles. The number of fused-ring (bicyclic) bond motifs is 1. The smallest absolute Gasteiger partial charge is 0.320 e. The third kappa shape index (κ3) is 3.28. The molecular formula is C23H34O6. The summed E-state index contributed by atoms with van der Waals surface area (Å²) >= 11 is 0. The molecule has 0 aromatic heterocycles. The summed E-state index contributed by atoms with van der Waals surface area (Å²) in [5, 5.41) is 0. The van der Waals surface area contributed by atoms with E-state index in [1.807, 2.05) is 0 Å². The van der Waals surface area contributed by atoms with Crippen molar-refractivity contribution in [2.24, 2.45) is 34.5 Å². The van der Waals surface area contributed by atoms with Crippen molar-refractivity contribution in [2.45, 2.75) is 73.0 Å². The van der Waals surface area contributed by atoms with Crippen LogP contribution in [0.2, 0.25) is 0 Å². The Morgan fingerprint density at radius 2 is 1.69 bits per heavy atom. The zero-order chi connectivity index (χ0) is 21.7. The van der Waals surface area contributed by atoms with Crippen LogP contribution in [0.5, 0.6) is 0 Å². The van der Waals surface area contributed by atoms with Gasteiger partial charge in [0.1, 0.15) is 24.2 Å². The number of carbonyl (C=O) groups excluding carboxylic acids is 3. The molecule has 1 spiro atoms. The largest absolute Gasteiger partial charge is 0.462 e. The fraction of sp³-hybridized carbons (Fsp3) is 0.783. The summed E-state index contributed by atoms with van der Waals surface area (Å²) in [6.45, 7) is 15.7. The lowest BCUT2D eigenvalue weighted by molar-refractivity contribution is -0.179. The van der Waals surface area contributed by atoms with Gasteiger partial charge in [-0.2, -0.15) is 0 Å². The molecule has 29 heavy (non-hydrogen) atoms. The molecule has 1 heterocycles. The van der Waals surface area contributed by atoms with Gasteiger partial charge in [-0.3, -0.25) is 14.4 Å². The molecule has 6 heteroatoms. The molecule has 6 nitrogen and oxygen atoms in total. The highest BCUT2D eigenvalue weighted by atomic mass is 16.6. The Hall–Kier alpha value is -1.85. The van der Waals surface area contributed by atoms with Gasteiger partial charge in [-0.25, -0.2) is 0 Å². The van der Waals surface area contributed by atoms with E-state index in [4.69, 9.17) is 14.2 Å². The Kier molecular flexibility index (Phi) is 5.61. The molecule has 1 unspecified atom stereocenters. The van der Waals surface area contributed by atoms with Gasteiger partial charge in [-0.15, -0.1) is 0 Å². The van der Waals surface area contributed by atoms with Gasteiger partial charge in [-0.05, 0) is 36.2 Å². The van der Waals surface area contributed by atoms with Crippen molar-refractivity contribution in [1.82, 2.24) is 0 Å². The highest BCUT2D eigenvalue weighted by molar-refractivity contribution is 5.86. The number of ether oxygens (including phenoxy) is 3. The summed E-state index contributed by atoms with van der Waals surface area (Å²) in [6, 6.07) is 0. The van der Waals surface area contributed by atoms with E-state index in [0.717, 1.165) is 6.42 Å². The van der Waals surface area contributed by atoms with Crippen molar-refractivity contribution in [3.63, 3.8) is 0 Å². The maximum atomic E-state index is 13.0. The minimum atomic E-state index is -1.06. The highest BCUT2D eigenvalue weighted by Crippen LogP contribution is 2.66. The maximum absolute atomic E-state index is 13.0. The van der Waals surface area contributed by atoms with Gasteiger partial charge in [0, 0.05) is 5.92 Å². The lowest BCUT2D eigenvalue weighted by atomic mass is 9.61. The van der Waals surface area contributed by atoms with Crippen LogP contribution >= 0.6 is 0 Å². The lowest BCUT2D eigenvalue weighted by Crippen LogP contribution is -2.50. The Morgan fingerprint density at radius 3 is 2.21 bits per heavy atom. The summed E-state index contributed by atoms with van der Waals surface area (Å²) in [5.41, 5.74) is -0.750. The van der Waals surface area contributed by atoms with E-state index in [1.165, 1.54) is 0 Å². The highest BCUT2D eigenvalue weighted by Gasteiger charge is 2.72. The fourth-order valence-electron chi connectivity index (χ4n) is 5.44. The SMILES string of the molecule is C=C1COC(=O)C12C[C@@]1(C)[C@H]([C@@H](OC(=O)C(C)C)CC[C@@H]1C)[C@H]2OC(=O)C(C)C. The maximum Gasteiger partial charge on any atom is 0.320 e. The van der Waals surface area contributed by atoms with Crippen LogP contribution in [0.1, 0.15) is 60.8 Å². The molecule has 162 valence electrons. The summed E-state index contributed by atoms with van der Waals surface area (Å²) in [7, 11) is 0. The minimum Gasteiger partial charge on any atom is -0.462 e. The number of hydrogen-bond donors (Lipinski definition) is 0. The molecule has 0 aromatic carbocycles. The minimum absolute atomic E-state index is 0.141. The van der Waals surface area contributed by atoms with Crippen LogP contribution < -0.4 is 0 Å².